The number of hydrogen-bond donors (Lipinski definition) is 1. The number of carbonyl (C=O) groups is 1. The van der Waals surface area contributed by atoms with Crippen LogP contribution in [0.5, 0.6) is 0 Å². The fraction of sp³-hybridized carbons (Fsp3) is 0.588. The second-order valence-corrected chi connectivity index (χ2v) is 8.50. The first-order chi connectivity index (χ1) is 11.8. The first kappa shape index (κ1) is 18.2. The first-order valence-corrected chi connectivity index (χ1v) is 10.2. The lowest BCUT2D eigenvalue weighted by Crippen LogP contribution is -2.53. The molecule has 25 heavy (non-hydrogen) atoms. The molecular weight excluding hydrogens is 340 g/mol. The zero-order valence-electron chi connectivity index (χ0n) is 14.8. The predicted octanol–water partition coefficient (Wildman–Crippen LogP) is 0.465. The molecule has 0 aliphatic carbocycles. The number of piperazine rings is 1. The van der Waals surface area contributed by atoms with Crippen molar-refractivity contribution in [2.45, 2.75) is 37.2 Å². The minimum Gasteiger partial charge on any atom is -0.368 e. The predicted molar refractivity (Wildman–Crippen MR) is 96.9 cm³/mol. The number of carbonyl (C=O) groups excluding carboxylic acids is 1. The number of likely N-dealkylation sites (tertiary alicyclic amines) is 1. The van der Waals surface area contributed by atoms with E-state index >= 15 is 0 Å². The quantitative estimate of drug-likeness (QED) is 0.837. The van der Waals surface area contributed by atoms with E-state index in [9.17, 15) is 13.2 Å². The molecule has 2 aliphatic rings. The number of para-hydroxylation sites is 1. The van der Waals surface area contributed by atoms with Crippen LogP contribution in [0.25, 0.3) is 0 Å². The zero-order chi connectivity index (χ0) is 18.2. The summed E-state index contributed by atoms with van der Waals surface area (Å²) in [5, 5.41) is 5.34. The van der Waals surface area contributed by atoms with E-state index in [2.05, 4.69) is 4.90 Å². The highest BCUT2D eigenvalue weighted by Crippen LogP contribution is 2.27. The van der Waals surface area contributed by atoms with Crippen molar-refractivity contribution < 1.29 is 13.2 Å². The Morgan fingerprint density at radius 1 is 1.08 bits per heavy atom. The second-order valence-electron chi connectivity index (χ2n) is 6.97. The highest BCUT2D eigenvalue weighted by molar-refractivity contribution is 7.89. The van der Waals surface area contributed by atoms with Gasteiger partial charge in [-0.05, 0) is 32.4 Å². The molecule has 2 aliphatic heterocycles. The number of hydrogen-bond acceptors (Lipinski definition) is 5. The van der Waals surface area contributed by atoms with E-state index in [0.717, 1.165) is 26.1 Å². The van der Waals surface area contributed by atoms with E-state index in [1.165, 1.54) is 6.07 Å². The number of nitrogens with zero attached hydrogens (tertiary/aromatic N) is 3. The fourth-order valence-electron chi connectivity index (χ4n) is 3.77. The van der Waals surface area contributed by atoms with Gasteiger partial charge in [0.1, 0.15) is 4.90 Å². The maximum atomic E-state index is 12.6. The Labute approximate surface area is 149 Å². The Morgan fingerprint density at radius 3 is 2.28 bits per heavy atom. The zero-order valence-corrected chi connectivity index (χ0v) is 15.6. The van der Waals surface area contributed by atoms with Gasteiger partial charge in [0.05, 0.1) is 11.7 Å². The molecular formula is C17H26N4O3S. The lowest BCUT2D eigenvalue weighted by molar-refractivity contribution is -0.133. The van der Waals surface area contributed by atoms with Crippen LogP contribution in [0.3, 0.4) is 0 Å². The van der Waals surface area contributed by atoms with Crippen molar-refractivity contribution in [2.75, 3.05) is 37.6 Å². The summed E-state index contributed by atoms with van der Waals surface area (Å²) in [6.07, 6.45) is 0.866. The molecule has 1 unspecified atom stereocenters. The van der Waals surface area contributed by atoms with Crippen LogP contribution >= 0.6 is 0 Å². The second kappa shape index (κ2) is 6.93. The Bertz CT molecular complexity index is 742. The molecule has 2 saturated heterocycles. The van der Waals surface area contributed by atoms with Crippen LogP contribution in [-0.2, 0) is 14.8 Å². The molecule has 138 valence electrons. The van der Waals surface area contributed by atoms with Crippen molar-refractivity contribution in [3.63, 3.8) is 0 Å². The summed E-state index contributed by atoms with van der Waals surface area (Å²) in [5.41, 5.74) is 0.645. The van der Waals surface area contributed by atoms with Gasteiger partial charge in [-0.3, -0.25) is 9.69 Å². The van der Waals surface area contributed by atoms with E-state index < -0.39 is 10.0 Å². The molecule has 1 amide bonds. The van der Waals surface area contributed by atoms with Gasteiger partial charge < -0.3 is 9.80 Å². The Kier molecular flexibility index (Phi) is 5.04. The molecule has 0 bridgehead atoms. The van der Waals surface area contributed by atoms with Crippen LogP contribution in [0.2, 0.25) is 0 Å². The highest BCUT2D eigenvalue weighted by Gasteiger charge is 2.38. The highest BCUT2D eigenvalue weighted by atomic mass is 32.2. The normalized spacial score (nSPS) is 22.9. The maximum Gasteiger partial charge on any atom is 0.240 e. The maximum absolute atomic E-state index is 12.6. The van der Waals surface area contributed by atoms with Crippen LogP contribution in [0.15, 0.2) is 29.2 Å². The van der Waals surface area contributed by atoms with Crippen LogP contribution in [-0.4, -0.2) is 68.9 Å². The summed E-state index contributed by atoms with van der Waals surface area (Å²) in [6.45, 7) is 7.74. The van der Waals surface area contributed by atoms with Gasteiger partial charge in [-0.1, -0.05) is 12.1 Å². The van der Waals surface area contributed by atoms with Crippen molar-refractivity contribution >= 4 is 21.6 Å². The van der Waals surface area contributed by atoms with Crippen LogP contribution in [0, 0.1) is 0 Å². The third-order valence-electron chi connectivity index (χ3n) is 5.10. The van der Waals surface area contributed by atoms with Crippen molar-refractivity contribution in [1.82, 2.24) is 9.80 Å². The number of amides is 1. The van der Waals surface area contributed by atoms with Gasteiger partial charge in [0.25, 0.3) is 0 Å². The third-order valence-corrected chi connectivity index (χ3v) is 6.06. The topological polar surface area (TPSA) is 86.9 Å². The van der Waals surface area contributed by atoms with E-state index in [0.29, 0.717) is 18.8 Å². The van der Waals surface area contributed by atoms with Crippen LogP contribution in [0.4, 0.5) is 5.69 Å². The molecule has 1 aromatic rings. The number of sulfonamides is 1. The first-order valence-electron chi connectivity index (χ1n) is 8.70. The Balaban J connectivity index is 1.69. The number of rotatable bonds is 4. The molecule has 0 radical (unpaired) electrons. The number of benzene rings is 1. The van der Waals surface area contributed by atoms with Gasteiger partial charge in [-0.25, -0.2) is 13.6 Å². The van der Waals surface area contributed by atoms with Crippen LogP contribution in [0.1, 0.15) is 20.3 Å². The molecule has 0 aromatic heterocycles. The number of anilines is 1. The van der Waals surface area contributed by atoms with Gasteiger partial charge in [-0.15, -0.1) is 0 Å². The minimum absolute atomic E-state index is 0.0435. The molecule has 7 nitrogen and oxygen atoms in total. The molecule has 1 atom stereocenters. The average Bonchev–Trinajstić information content (AvgIpc) is 2.96. The lowest BCUT2D eigenvalue weighted by atomic mass is 10.1. The lowest BCUT2D eigenvalue weighted by Gasteiger charge is -2.39. The van der Waals surface area contributed by atoms with E-state index in [-0.39, 0.29) is 22.9 Å². The molecule has 1 aromatic carbocycles. The minimum atomic E-state index is -3.75. The summed E-state index contributed by atoms with van der Waals surface area (Å²) in [6, 6.07) is 7.02. The molecule has 3 rings (SSSR count). The van der Waals surface area contributed by atoms with Gasteiger partial charge in [0.2, 0.25) is 15.9 Å². The van der Waals surface area contributed by atoms with E-state index in [1.807, 2.05) is 29.7 Å². The van der Waals surface area contributed by atoms with Crippen molar-refractivity contribution in [3.05, 3.63) is 24.3 Å². The molecule has 2 heterocycles. The third kappa shape index (κ3) is 3.65. The van der Waals surface area contributed by atoms with Gasteiger partial charge in [0.15, 0.2) is 0 Å². The van der Waals surface area contributed by atoms with Gasteiger partial charge in [0, 0.05) is 38.8 Å². The summed E-state index contributed by atoms with van der Waals surface area (Å²) >= 11 is 0. The molecule has 0 saturated carbocycles. The Hall–Kier alpha value is -1.64. The monoisotopic (exact) mass is 366 g/mol. The summed E-state index contributed by atoms with van der Waals surface area (Å²) in [5.74, 6) is 0.216. The van der Waals surface area contributed by atoms with Gasteiger partial charge >= 0.3 is 0 Å². The summed E-state index contributed by atoms with van der Waals surface area (Å²) in [7, 11) is -3.75. The summed E-state index contributed by atoms with van der Waals surface area (Å²) in [4.78, 5) is 18.9. The van der Waals surface area contributed by atoms with Crippen molar-refractivity contribution in [2.24, 2.45) is 5.14 Å². The van der Waals surface area contributed by atoms with Crippen LogP contribution < -0.4 is 10.0 Å². The molecule has 0 spiro atoms. The summed E-state index contributed by atoms with van der Waals surface area (Å²) < 4.78 is 23.6. The fourth-order valence-corrected chi connectivity index (χ4v) is 4.53. The SMILES string of the molecule is CC(C)N1CCC(N2CCN(c3ccccc3S(N)(=O)=O)CC2)C1=O. The smallest absolute Gasteiger partial charge is 0.240 e. The largest absolute Gasteiger partial charge is 0.368 e. The molecule has 8 heteroatoms. The van der Waals surface area contributed by atoms with E-state index in [1.54, 1.807) is 12.1 Å². The standard InChI is InChI=1S/C17H26N4O3S/c1-13(2)21-8-7-15(17(21)22)20-11-9-19(10-12-20)14-5-3-4-6-16(14)25(18,23)24/h3-6,13,15H,7-12H2,1-2H3,(H2,18,23,24). The van der Waals surface area contributed by atoms with Crippen molar-refractivity contribution in [1.29, 1.82) is 0 Å². The molecule has 2 N–H and O–H groups in total. The molecule has 2 fully saturated rings. The average molecular weight is 366 g/mol. The van der Waals surface area contributed by atoms with Gasteiger partial charge in [-0.2, -0.15) is 0 Å². The number of primary sulfonamides is 1. The number of nitrogens with two attached hydrogens (primary N) is 1. The Morgan fingerprint density at radius 2 is 1.72 bits per heavy atom. The van der Waals surface area contributed by atoms with E-state index in [4.69, 9.17) is 5.14 Å². The van der Waals surface area contributed by atoms with Crippen molar-refractivity contribution in [3.8, 4) is 0 Å².